The number of ether oxygens (including phenoxy) is 1. The highest BCUT2D eigenvalue weighted by Gasteiger charge is 2.14. The van der Waals surface area contributed by atoms with Crippen LogP contribution in [0.1, 0.15) is 17.5 Å². The average Bonchev–Trinajstić information content (AvgIpc) is 2.76. The van der Waals surface area contributed by atoms with Gasteiger partial charge in [0.25, 0.3) is 0 Å². The van der Waals surface area contributed by atoms with Crippen molar-refractivity contribution in [2.75, 3.05) is 7.11 Å². The van der Waals surface area contributed by atoms with E-state index in [1.165, 1.54) is 13.2 Å². The molecule has 1 atom stereocenters. The average molecular weight is 250 g/mol. The van der Waals surface area contributed by atoms with E-state index in [2.05, 4.69) is 4.98 Å². The van der Waals surface area contributed by atoms with Crippen LogP contribution in [0.15, 0.2) is 30.6 Å². The summed E-state index contributed by atoms with van der Waals surface area (Å²) in [7, 11) is 3.22. The Balaban J connectivity index is 2.15. The molecule has 0 saturated carbocycles. The Morgan fingerprint density at radius 1 is 1.50 bits per heavy atom. The molecule has 4 nitrogen and oxygen atoms in total. The van der Waals surface area contributed by atoms with Gasteiger partial charge in [0, 0.05) is 25.9 Å². The molecule has 0 aliphatic heterocycles. The molecule has 2 aromatic rings. The minimum absolute atomic E-state index is 0.199. The first-order chi connectivity index (χ1) is 8.61. The van der Waals surface area contributed by atoms with Gasteiger partial charge in [0.05, 0.1) is 7.11 Å². The van der Waals surface area contributed by atoms with Gasteiger partial charge in [-0.3, -0.25) is 0 Å². The van der Waals surface area contributed by atoms with Crippen LogP contribution >= 0.6 is 0 Å². The van der Waals surface area contributed by atoms with Crippen LogP contribution in [0.3, 0.4) is 0 Å². The summed E-state index contributed by atoms with van der Waals surface area (Å²) in [6.45, 7) is 0. The summed E-state index contributed by atoms with van der Waals surface area (Å²) in [6.07, 6.45) is 2.93. The Morgan fingerprint density at radius 3 is 2.83 bits per heavy atom. The highest BCUT2D eigenvalue weighted by Crippen LogP contribution is 2.21. The number of hydrogen-bond donors (Lipinski definition) is 1. The molecule has 1 aromatic carbocycles. The summed E-state index contributed by atoms with van der Waals surface area (Å²) >= 11 is 0. The van der Waals surface area contributed by atoms with Gasteiger partial charge in [0.2, 0.25) is 0 Å². The molecule has 2 rings (SSSR count). The predicted octanol–water partition coefficient (Wildman–Crippen LogP) is 1.84. The van der Waals surface area contributed by atoms with Crippen LogP contribution in [0.5, 0.6) is 5.75 Å². The van der Waals surface area contributed by atoms with Crippen LogP contribution in [0.4, 0.5) is 4.39 Å². The summed E-state index contributed by atoms with van der Waals surface area (Å²) in [5.74, 6) is 0.332. The molecule has 0 fully saturated rings. The first-order valence-electron chi connectivity index (χ1n) is 5.59. The molecular weight excluding hydrogens is 235 g/mol. The van der Waals surface area contributed by atoms with Crippen molar-refractivity contribution in [2.45, 2.75) is 12.5 Å². The minimum atomic E-state index is -0.752. The lowest BCUT2D eigenvalue weighted by molar-refractivity contribution is 0.165. The smallest absolute Gasteiger partial charge is 0.165 e. The van der Waals surface area contributed by atoms with Gasteiger partial charge >= 0.3 is 0 Å². The SMILES string of the molecule is COc1ccc(CC(O)c2nccn2C)cc1F. The van der Waals surface area contributed by atoms with Gasteiger partial charge < -0.3 is 14.4 Å². The zero-order valence-corrected chi connectivity index (χ0v) is 10.3. The maximum atomic E-state index is 13.5. The largest absolute Gasteiger partial charge is 0.494 e. The molecule has 1 unspecified atom stereocenters. The van der Waals surface area contributed by atoms with Crippen molar-refractivity contribution in [3.05, 3.63) is 47.8 Å². The van der Waals surface area contributed by atoms with E-state index < -0.39 is 11.9 Å². The fourth-order valence-electron chi connectivity index (χ4n) is 1.85. The molecule has 0 bridgehead atoms. The van der Waals surface area contributed by atoms with E-state index >= 15 is 0 Å². The van der Waals surface area contributed by atoms with Crippen molar-refractivity contribution in [3.8, 4) is 5.75 Å². The first kappa shape index (κ1) is 12.6. The third-order valence-electron chi connectivity index (χ3n) is 2.80. The van der Waals surface area contributed by atoms with Crippen molar-refractivity contribution in [1.82, 2.24) is 9.55 Å². The number of methoxy groups -OCH3 is 1. The summed E-state index contributed by atoms with van der Waals surface area (Å²) in [5, 5.41) is 10.0. The number of halogens is 1. The van der Waals surface area contributed by atoms with Gasteiger partial charge in [-0.1, -0.05) is 6.07 Å². The van der Waals surface area contributed by atoms with Gasteiger partial charge in [-0.05, 0) is 17.7 Å². The van der Waals surface area contributed by atoms with Crippen LogP contribution in [-0.2, 0) is 13.5 Å². The number of rotatable bonds is 4. The number of aliphatic hydroxyl groups excluding tert-OH is 1. The van der Waals surface area contributed by atoms with E-state index in [0.29, 0.717) is 17.8 Å². The zero-order chi connectivity index (χ0) is 13.1. The van der Waals surface area contributed by atoms with Crippen LogP contribution in [0, 0.1) is 5.82 Å². The molecule has 0 aliphatic rings. The Bertz CT molecular complexity index is 540. The molecule has 1 N–H and O–H groups in total. The lowest BCUT2D eigenvalue weighted by Gasteiger charge is -2.11. The number of benzene rings is 1. The first-order valence-corrected chi connectivity index (χ1v) is 5.59. The molecule has 18 heavy (non-hydrogen) atoms. The summed E-state index contributed by atoms with van der Waals surface area (Å²) in [6, 6.07) is 4.65. The molecule has 0 saturated heterocycles. The van der Waals surface area contributed by atoms with Gasteiger partial charge in [-0.2, -0.15) is 0 Å². The van der Waals surface area contributed by atoms with Crippen molar-refractivity contribution >= 4 is 0 Å². The van der Waals surface area contributed by atoms with E-state index in [0.717, 1.165) is 0 Å². The van der Waals surface area contributed by atoms with E-state index in [1.54, 1.807) is 36.1 Å². The Labute approximate surface area is 105 Å². The molecular formula is C13H15FN2O2. The fourth-order valence-corrected chi connectivity index (χ4v) is 1.85. The number of hydrogen-bond acceptors (Lipinski definition) is 3. The molecule has 0 aliphatic carbocycles. The van der Waals surface area contributed by atoms with Crippen LogP contribution in [0.25, 0.3) is 0 Å². The second-order valence-corrected chi connectivity index (χ2v) is 4.09. The quantitative estimate of drug-likeness (QED) is 0.900. The monoisotopic (exact) mass is 250 g/mol. The lowest BCUT2D eigenvalue weighted by Crippen LogP contribution is -2.08. The van der Waals surface area contributed by atoms with E-state index in [1.807, 2.05) is 0 Å². The van der Waals surface area contributed by atoms with Gasteiger partial charge in [0.1, 0.15) is 11.9 Å². The van der Waals surface area contributed by atoms with Crippen molar-refractivity contribution in [3.63, 3.8) is 0 Å². The molecule has 5 heteroatoms. The Morgan fingerprint density at radius 2 is 2.28 bits per heavy atom. The Kier molecular flexibility index (Phi) is 3.62. The van der Waals surface area contributed by atoms with E-state index in [-0.39, 0.29) is 5.75 Å². The molecule has 0 radical (unpaired) electrons. The molecule has 1 heterocycles. The Hall–Kier alpha value is -1.88. The van der Waals surface area contributed by atoms with Crippen LogP contribution < -0.4 is 4.74 Å². The number of aliphatic hydroxyl groups is 1. The maximum Gasteiger partial charge on any atom is 0.165 e. The number of aryl methyl sites for hydroxylation is 1. The number of nitrogens with zero attached hydrogens (tertiary/aromatic N) is 2. The molecule has 96 valence electrons. The lowest BCUT2D eigenvalue weighted by atomic mass is 10.1. The molecule has 0 amide bonds. The fraction of sp³-hybridized carbons (Fsp3) is 0.308. The third kappa shape index (κ3) is 2.51. The predicted molar refractivity (Wildman–Crippen MR) is 64.8 cm³/mol. The summed E-state index contributed by atoms with van der Waals surface area (Å²) < 4.78 is 20.1. The zero-order valence-electron chi connectivity index (χ0n) is 10.3. The maximum absolute atomic E-state index is 13.5. The highest BCUT2D eigenvalue weighted by atomic mass is 19.1. The summed E-state index contributed by atoms with van der Waals surface area (Å²) in [5.41, 5.74) is 0.698. The second kappa shape index (κ2) is 5.18. The van der Waals surface area contributed by atoms with Gasteiger partial charge in [-0.25, -0.2) is 9.37 Å². The van der Waals surface area contributed by atoms with E-state index in [9.17, 15) is 9.50 Å². The van der Waals surface area contributed by atoms with Crippen molar-refractivity contribution in [1.29, 1.82) is 0 Å². The highest BCUT2D eigenvalue weighted by molar-refractivity contribution is 5.29. The molecule has 0 spiro atoms. The van der Waals surface area contributed by atoms with Gasteiger partial charge in [-0.15, -0.1) is 0 Å². The summed E-state index contributed by atoms with van der Waals surface area (Å²) in [4.78, 5) is 4.06. The molecule has 1 aromatic heterocycles. The normalized spacial score (nSPS) is 12.4. The number of imidazole rings is 1. The topological polar surface area (TPSA) is 47.3 Å². The van der Waals surface area contributed by atoms with Crippen LogP contribution in [0.2, 0.25) is 0 Å². The van der Waals surface area contributed by atoms with E-state index in [4.69, 9.17) is 4.74 Å². The standard InChI is InChI=1S/C13H15FN2O2/c1-16-6-5-15-13(16)11(17)8-9-3-4-12(18-2)10(14)7-9/h3-7,11,17H,8H2,1-2H3. The minimum Gasteiger partial charge on any atom is -0.494 e. The van der Waals surface area contributed by atoms with Crippen LogP contribution in [-0.4, -0.2) is 21.8 Å². The third-order valence-corrected chi connectivity index (χ3v) is 2.80. The van der Waals surface area contributed by atoms with Crippen molar-refractivity contribution in [2.24, 2.45) is 7.05 Å². The number of aromatic nitrogens is 2. The van der Waals surface area contributed by atoms with Crippen molar-refractivity contribution < 1.29 is 14.2 Å². The van der Waals surface area contributed by atoms with Gasteiger partial charge in [0.15, 0.2) is 11.6 Å². The second-order valence-electron chi connectivity index (χ2n) is 4.09.